The lowest BCUT2D eigenvalue weighted by molar-refractivity contribution is -0.118. The highest BCUT2D eigenvalue weighted by Gasteiger charge is 2.39. The average molecular weight is 378 g/mol. The molecule has 0 spiro atoms. The number of benzene rings is 2. The number of hydrogen-bond acceptors (Lipinski definition) is 3. The minimum Gasteiger partial charge on any atom is -0.490 e. The number of ether oxygens (including phenoxy) is 1. The molecule has 1 aliphatic heterocycles. The number of hydrogen-bond donors (Lipinski definition) is 0. The van der Waals surface area contributed by atoms with Crippen LogP contribution in [0.4, 0.5) is 5.69 Å². The van der Waals surface area contributed by atoms with Crippen LogP contribution in [0.25, 0.3) is 0 Å². The average Bonchev–Trinajstić information content (AvgIpc) is 3.52. The second-order valence-corrected chi connectivity index (χ2v) is 8.39. The number of anilines is 1. The summed E-state index contributed by atoms with van der Waals surface area (Å²) in [5.41, 5.74) is 2.70. The summed E-state index contributed by atoms with van der Waals surface area (Å²) in [4.78, 5) is 13.9. The first kappa shape index (κ1) is 19.0. The van der Waals surface area contributed by atoms with Crippen molar-refractivity contribution in [1.29, 1.82) is 0 Å². The molecule has 0 N–H and O–H groups in total. The zero-order valence-electron chi connectivity index (χ0n) is 16.8. The fourth-order valence-electron chi connectivity index (χ4n) is 4.42. The molecule has 0 amide bonds. The minimum absolute atomic E-state index is 0.305. The number of Topliss-reactive ketones (excluding diaryl/α,β-unsaturated/α-hetero) is 1. The largest absolute Gasteiger partial charge is 0.490 e. The molecule has 3 nitrogen and oxygen atoms in total. The van der Waals surface area contributed by atoms with Crippen molar-refractivity contribution in [2.24, 2.45) is 11.8 Å². The van der Waals surface area contributed by atoms with Crippen LogP contribution in [0.5, 0.6) is 5.75 Å². The third-order valence-corrected chi connectivity index (χ3v) is 6.27. The summed E-state index contributed by atoms with van der Waals surface area (Å²) in [6, 6.07) is 19.2. The molecule has 0 bridgehead atoms. The third kappa shape index (κ3) is 4.95. The molecule has 3 unspecified atom stereocenters. The molecule has 3 heteroatoms. The predicted molar refractivity (Wildman–Crippen MR) is 114 cm³/mol. The first-order chi connectivity index (χ1) is 13.7. The Kier molecular flexibility index (Phi) is 5.99. The molecule has 0 radical (unpaired) electrons. The van der Waals surface area contributed by atoms with Crippen molar-refractivity contribution in [1.82, 2.24) is 0 Å². The number of nitrogens with zero attached hydrogens (tertiary/aromatic N) is 1. The quantitative estimate of drug-likeness (QED) is 0.657. The zero-order chi connectivity index (χ0) is 19.3. The summed E-state index contributed by atoms with van der Waals surface area (Å²) in [5.74, 6) is 2.33. The highest BCUT2D eigenvalue weighted by atomic mass is 16.5. The van der Waals surface area contributed by atoms with E-state index < -0.39 is 0 Å². The van der Waals surface area contributed by atoms with E-state index in [2.05, 4.69) is 29.2 Å². The lowest BCUT2D eigenvalue weighted by Crippen LogP contribution is -2.25. The van der Waals surface area contributed by atoms with Crippen LogP contribution in [-0.2, 0) is 11.2 Å². The maximum absolute atomic E-state index is 11.4. The first-order valence-electron chi connectivity index (χ1n) is 10.7. The van der Waals surface area contributed by atoms with Gasteiger partial charge in [-0.1, -0.05) is 30.3 Å². The zero-order valence-corrected chi connectivity index (χ0v) is 16.8. The highest BCUT2D eigenvalue weighted by molar-refractivity contribution is 5.81. The fraction of sp³-hybridized carbons (Fsp3) is 0.480. The van der Waals surface area contributed by atoms with E-state index in [1.165, 1.54) is 11.3 Å². The molecule has 1 saturated heterocycles. The molecule has 2 fully saturated rings. The van der Waals surface area contributed by atoms with Gasteiger partial charge in [0, 0.05) is 31.1 Å². The van der Waals surface area contributed by atoms with Crippen molar-refractivity contribution < 1.29 is 9.53 Å². The maximum atomic E-state index is 11.4. The second-order valence-electron chi connectivity index (χ2n) is 8.39. The summed E-state index contributed by atoms with van der Waals surface area (Å²) >= 11 is 0. The SMILES string of the molecule is CC(=O)C1CC1CCc1ccc(N2CCCC(Oc3ccccc3)CC2)cc1. The Hall–Kier alpha value is -2.29. The van der Waals surface area contributed by atoms with E-state index in [1.54, 1.807) is 6.92 Å². The molecular formula is C25H31NO2. The van der Waals surface area contributed by atoms with E-state index in [4.69, 9.17) is 4.74 Å². The van der Waals surface area contributed by atoms with Crippen molar-refractivity contribution in [2.75, 3.05) is 18.0 Å². The van der Waals surface area contributed by atoms with Gasteiger partial charge in [0.25, 0.3) is 0 Å². The first-order valence-corrected chi connectivity index (χ1v) is 10.7. The standard InChI is InChI=1S/C25H31NO2/c1-19(27)25-18-21(25)12-9-20-10-13-22(14-11-20)26-16-5-8-24(15-17-26)28-23-6-3-2-4-7-23/h2-4,6-7,10-11,13-14,21,24-25H,5,8-9,12,15-18H2,1H3. The number of para-hydroxylation sites is 1. The Morgan fingerprint density at radius 1 is 1.04 bits per heavy atom. The third-order valence-electron chi connectivity index (χ3n) is 6.27. The van der Waals surface area contributed by atoms with E-state index >= 15 is 0 Å². The van der Waals surface area contributed by atoms with Gasteiger partial charge in [0.1, 0.15) is 17.6 Å². The Labute approximate surface area is 168 Å². The Morgan fingerprint density at radius 3 is 2.54 bits per heavy atom. The van der Waals surface area contributed by atoms with Crippen LogP contribution in [0.1, 0.15) is 44.6 Å². The van der Waals surface area contributed by atoms with Crippen molar-refractivity contribution in [3.05, 3.63) is 60.2 Å². The Balaban J connectivity index is 1.26. The maximum Gasteiger partial charge on any atom is 0.133 e. The lowest BCUT2D eigenvalue weighted by Gasteiger charge is -2.23. The van der Waals surface area contributed by atoms with Crippen LogP contribution in [0.3, 0.4) is 0 Å². The fourth-order valence-corrected chi connectivity index (χ4v) is 4.42. The van der Waals surface area contributed by atoms with Gasteiger partial charge in [0.05, 0.1) is 0 Å². The van der Waals surface area contributed by atoms with Crippen LogP contribution < -0.4 is 9.64 Å². The molecule has 1 aliphatic carbocycles. The van der Waals surface area contributed by atoms with E-state index in [1.807, 2.05) is 30.3 Å². The van der Waals surface area contributed by atoms with Crippen LogP contribution in [0.2, 0.25) is 0 Å². The number of carbonyl (C=O) groups excluding carboxylic acids is 1. The normalized spacial score (nSPS) is 24.5. The molecule has 3 atom stereocenters. The molecule has 148 valence electrons. The summed E-state index contributed by atoms with van der Waals surface area (Å²) < 4.78 is 6.17. The van der Waals surface area contributed by atoms with Gasteiger partial charge in [-0.2, -0.15) is 0 Å². The Morgan fingerprint density at radius 2 is 1.82 bits per heavy atom. The van der Waals surface area contributed by atoms with E-state index in [-0.39, 0.29) is 0 Å². The molecule has 0 aromatic heterocycles. The second kappa shape index (κ2) is 8.81. The van der Waals surface area contributed by atoms with Crippen molar-refractivity contribution in [3.8, 4) is 5.75 Å². The smallest absolute Gasteiger partial charge is 0.133 e. The minimum atomic E-state index is 0.305. The molecule has 1 heterocycles. The molecule has 4 rings (SSSR count). The summed E-state index contributed by atoms with van der Waals surface area (Å²) in [5, 5.41) is 0. The summed E-state index contributed by atoms with van der Waals surface area (Å²) in [6.07, 6.45) is 6.97. The van der Waals surface area contributed by atoms with Gasteiger partial charge >= 0.3 is 0 Å². The van der Waals surface area contributed by atoms with Crippen LogP contribution in [0.15, 0.2) is 54.6 Å². The number of ketones is 1. The van der Waals surface area contributed by atoms with Gasteiger partial charge in [-0.05, 0) is 74.8 Å². The topological polar surface area (TPSA) is 29.5 Å². The Bertz CT molecular complexity index is 771. The number of carbonyl (C=O) groups is 1. The van der Waals surface area contributed by atoms with Crippen LogP contribution >= 0.6 is 0 Å². The van der Waals surface area contributed by atoms with Crippen molar-refractivity contribution in [2.45, 2.75) is 51.6 Å². The van der Waals surface area contributed by atoms with Gasteiger partial charge in [0.2, 0.25) is 0 Å². The van der Waals surface area contributed by atoms with E-state index in [0.717, 1.165) is 57.4 Å². The molecular weight excluding hydrogens is 346 g/mol. The van der Waals surface area contributed by atoms with Gasteiger partial charge in [-0.3, -0.25) is 4.79 Å². The summed E-state index contributed by atoms with van der Waals surface area (Å²) in [6.45, 7) is 3.87. The highest BCUT2D eigenvalue weighted by Crippen LogP contribution is 2.42. The molecule has 2 aromatic carbocycles. The van der Waals surface area contributed by atoms with Gasteiger partial charge < -0.3 is 9.64 Å². The molecule has 28 heavy (non-hydrogen) atoms. The number of aryl methyl sites for hydroxylation is 1. The molecule has 1 saturated carbocycles. The predicted octanol–water partition coefficient (Wildman–Crippen LogP) is 5.28. The molecule has 2 aliphatic rings. The van der Waals surface area contributed by atoms with E-state index in [9.17, 15) is 4.79 Å². The lowest BCUT2D eigenvalue weighted by atomic mass is 10.1. The van der Waals surface area contributed by atoms with Gasteiger partial charge in [-0.25, -0.2) is 0 Å². The van der Waals surface area contributed by atoms with Crippen LogP contribution in [0, 0.1) is 11.8 Å². The number of rotatable bonds is 7. The van der Waals surface area contributed by atoms with Crippen molar-refractivity contribution in [3.63, 3.8) is 0 Å². The monoisotopic (exact) mass is 377 g/mol. The summed E-state index contributed by atoms with van der Waals surface area (Å²) in [7, 11) is 0. The van der Waals surface area contributed by atoms with Crippen molar-refractivity contribution >= 4 is 11.5 Å². The van der Waals surface area contributed by atoms with E-state index in [0.29, 0.717) is 23.7 Å². The van der Waals surface area contributed by atoms with Crippen LogP contribution in [-0.4, -0.2) is 25.0 Å². The van der Waals surface area contributed by atoms with Gasteiger partial charge in [0.15, 0.2) is 0 Å². The molecule has 2 aromatic rings. The van der Waals surface area contributed by atoms with Gasteiger partial charge in [-0.15, -0.1) is 0 Å².